The van der Waals surface area contributed by atoms with Crippen molar-refractivity contribution in [2.24, 2.45) is 5.92 Å². The number of hydrogen-bond donors (Lipinski definition) is 2. The van der Waals surface area contributed by atoms with Crippen LogP contribution >= 0.6 is 0 Å². The third-order valence-corrected chi connectivity index (χ3v) is 6.62. The first-order valence-corrected chi connectivity index (χ1v) is 11.7. The lowest BCUT2D eigenvalue weighted by molar-refractivity contribution is -0.125. The maximum absolute atomic E-state index is 13.2. The van der Waals surface area contributed by atoms with Gasteiger partial charge in [-0.15, -0.1) is 0 Å². The molecular formula is C27H29N5O2. The zero-order valence-corrected chi connectivity index (χ0v) is 19.3. The van der Waals surface area contributed by atoms with Gasteiger partial charge in [0, 0.05) is 55.0 Å². The average Bonchev–Trinajstić information content (AvgIpc) is 3.33. The van der Waals surface area contributed by atoms with E-state index in [4.69, 9.17) is 4.74 Å². The van der Waals surface area contributed by atoms with Crippen LogP contribution in [0.25, 0.3) is 10.9 Å². The van der Waals surface area contributed by atoms with Crippen LogP contribution < -0.4 is 15.0 Å². The van der Waals surface area contributed by atoms with Gasteiger partial charge in [0.05, 0.1) is 13.0 Å². The summed E-state index contributed by atoms with van der Waals surface area (Å²) in [5.41, 5.74) is 3.39. The predicted octanol–water partition coefficient (Wildman–Crippen LogP) is 4.13. The zero-order chi connectivity index (χ0) is 23.3. The Labute approximate surface area is 199 Å². The number of anilines is 1. The lowest BCUT2D eigenvalue weighted by Crippen LogP contribution is -2.44. The molecule has 5 rings (SSSR count). The van der Waals surface area contributed by atoms with Crippen LogP contribution in [0.4, 0.5) is 5.95 Å². The second-order valence-corrected chi connectivity index (χ2v) is 8.69. The summed E-state index contributed by atoms with van der Waals surface area (Å²) in [6.07, 6.45) is 7.36. The van der Waals surface area contributed by atoms with E-state index in [1.165, 1.54) is 10.9 Å². The lowest BCUT2D eigenvalue weighted by Gasteiger charge is -2.32. The first-order valence-electron chi connectivity index (χ1n) is 11.7. The minimum absolute atomic E-state index is 0.0168. The molecule has 1 saturated heterocycles. The summed E-state index contributed by atoms with van der Waals surface area (Å²) in [4.78, 5) is 27.4. The summed E-state index contributed by atoms with van der Waals surface area (Å²) in [7, 11) is 1.67. The van der Waals surface area contributed by atoms with E-state index < -0.39 is 0 Å². The van der Waals surface area contributed by atoms with Gasteiger partial charge in [-0.3, -0.25) is 4.79 Å². The number of para-hydroxylation sites is 1. The van der Waals surface area contributed by atoms with E-state index in [0.717, 1.165) is 36.2 Å². The van der Waals surface area contributed by atoms with Gasteiger partial charge in [0.2, 0.25) is 11.9 Å². The molecule has 1 aliphatic heterocycles. The topological polar surface area (TPSA) is 83.1 Å². The van der Waals surface area contributed by atoms with Crippen molar-refractivity contribution in [2.75, 3.05) is 31.6 Å². The summed E-state index contributed by atoms with van der Waals surface area (Å²) >= 11 is 0. The molecule has 3 heterocycles. The SMILES string of the molecule is COc1ccc(C(CNC(=O)C2CCCN(c3ncccn3)C2)c2c[nH]c3ccccc23)cc1. The number of aromatic amines is 1. The van der Waals surface area contributed by atoms with Crippen LogP contribution in [0.5, 0.6) is 5.75 Å². The first-order chi connectivity index (χ1) is 16.7. The van der Waals surface area contributed by atoms with Gasteiger partial charge in [-0.25, -0.2) is 9.97 Å². The fraction of sp³-hybridized carbons (Fsp3) is 0.296. The van der Waals surface area contributed by atoms with Crippen molar-refractivity contribution >= 4 is 22.8 Å². The molecule has 2 atom stereocenters. The Morgan fingerprint density at radius 1 is 1.15 bits per heavy atom. The van der Waals surface area contributed by atoms with E-state index in [1.807, 2.05) is 30.3 Å². The van der Waals surface area contributed by atoms with Gasteiger partial charge >= 0.3 is 0 Å². The van der Waals surface area contributed by atoms with Gasteiger partial charge in [-0.2, -0.15) is 0 Å². The molecule has 0 bridgehead atoms. The molecule has 1 fully saturated rings. The number of nitrogens with one attached hydrogen (secondary N) is 2. The molecule has 2 aromatic heterocycles. The second kappa shape index (κ2) is 9.95. The molecule has 4 aromatic rings. The smallest absolute Gasteiger partial charge is 0.225 e. The Hall–Kier alpha value is -3.87. The molecule has 174 valence electrons. The molecular weight excluding hydrogens is 426 g/mol. The molecule has 7 heteroatoms. The normalized spacial score (nSPS) is 16.9. The standard InChI is InChI=1S/C27H29N5O2/c1-34-21-11-9-19(10-12-21)23(24-17-30-25-8-3-2-7-22(24)25)16-31-26(33)20-6-4-15-32(18-20)27-28-13-5-14-29-27/h2-3,5,7-14,17,20,23,30H,4,6,15-16,18H2,1H3,(H,31,33). The van der Waals surface area contributed by atoms with E-state index in [9.17, 15) is 4.79 Å². The number of carbonyl (C=O) groups excluding carboxylic acids is 1. The maximum atomic E-state index is 13.2. The van der Waals surface area contributed by atoms with Crippen molar-refractivity contribution in [3.8, 4) is 5.75 Å². The first kappa shape index (κ1) is 21.9. The lowest BCUT2D eigenvalue weighted by atomic mass is 9.90. The number of methoxy groups -OCH3 is 1. The van der Waals surface area contributed by atoms with E-state index in [-0.39, 0.29) is 17.7 Å². The van der Waals surface area contributed by atoms with E-state index in [2.05, 4.69) is 55.6 Å². The number of rotatable bonds is 7. The number of ether oxygens (including phenoxy) is 1. The summed E-state index contributed by atoms with van der Waals surface area (Å²) in [6.45, 7) is 2.03. The molecule has 0 saturated carbocycles. The number of benzene rings is 2. The molecule has 0 radical (unpaired) electrons. The number of carbonyl (C=O) groups is 1. The van der Waals surface area contributed by atoms with Crippen LogP contribution in [0.2, 0.25) is 0 Å². The van der Waals surface area contributed by atoms with Crippen molar-refractivity contribution in [3.05, 3.63) is 84.3 Å². The molecule has 2 unspecified atom stereocenters. The number of amides is 1. The number of hydrogen-bond acceptors (Lipinski definition) is 5. The van der Waals surface area contributed by atoms with Crippen LogP contribution in [-0.2, 0) is 4.79 Å². The van der Waals surface area contributed by atoms with Crippen molar-refractivity contribution in [2.45, 2.75) is 18.8 Å². The van der Waals surface area contributed by atoms with Gasteiger partial charge in [-0.05, 0) is 48.2 Å². The van der Waals surface area contributed by atoms with E-state index in [1.54, 1.807) is 19.5 Å². The molecule has 7 nitrogen and oxygen atoms in total. The Balaban J connectivity index is 1.34. The number of piperidine rings is 1. The highest BCUT2D eigenvalue weighted by Crippen LogP contribution is 2.31. The van der Waals surface area contributed by atoms with Crippen molar-refractivity contribution in [3.63, 3.8) is 0 Å². The van der Waals surface area contributed by atoms with E-state index in [0.29, 0.717) is 19.0 Å². The number of nitrogens with zero attached hydrogens (tertiary/aromatic N) is 3. The molecule has 2 N–H and O–H groups in total. The molecule has 0 spiro atoms. The van der Waals surface area contributed by atoms with Crippen LogP contribution in [-0.4, -0.2) is 47.6 Å². The van der Waals surface area contributed by atoms with Gasteiger partial charge in [0.25, 0.3) is 0 Å². The minimum Gasteiger partial charge on any atom is -0.497 e. The third kappa shape index (κ3) is 4.59. The molecule has 34 heavy (non-hydrogen) atoms. The average molecular weight is 456 g/mol. The van der Waals surface area contributed by atoms with Gasteiger partial charge in [-0.1, -0.05) is 30.3 Å². The second-order valence-electron chi connectivity index (χ2n) is 8.69. The minimum atomic E-state index is -0.0861. The summed E-state index contributed by atoms with van der Waals surface area (Å²) in [5.74, 6) is 1.52. The summed E-state index contributed by atoms with van der Waals surface area (Å²) in [6, 6.07) is 18.2. The summed E-state index contributed by atoms with van der Waals surface area (Å²) < 4.78 is 5.34. The highest BCUT2D eigenvalue weighted by atomic mass is 16.5. The van der Waals surface area contributed by atoms with Crippen molar-refractivity contribution in [1.29, 1.82) is 0 Å². The highest BCUT2D eigenvalue weighted by molar-refractivity contribution is 5.84. The Bertz CT molecular complexity index is 1240. The molecule has 2 aromatic carbocycles. The van der Waals surface area contributed by atoms with Crippen LogP contribution in [0.15, 0.2) is 73.2 Å². The van der Waals surface area contributed by atoms with Crippen molar-refractivity contribution < 1.29 is 9.53 Å². The Kier molecular flexibility index (Phi) is 6.42. The fourth-order valence-electron chi connectivity index (χ4n) is 4.80. The number of H-pyrrole nitrogens is 1. The number of fused-ring (bicyclic) bond motifs is 1. The van der Waals surface area contributed by atoms with E-state index >= 15 is 0 Å². The monoisotopic (exact) mass is 455 g/mol. The molecule has 0 aliphatic carbocycles. The van der Waals surface area contributed by atoms with Gasteiger partial charge < -0.3 is 19.9 Å². The van der Waals surface area contributed by atoms with Crippen LogP contribution in [0.1, 0.15) is 29.9 Å². The Morgan fingerprint density at radius 3 is 2.74 bits per heavy atom. The largest absolute Gasteiger partial charge is 0.497 e. The quantitative estimate of drug-likeness (QED) is 0.438. The van der Waals surface area contributed by atoms with Crippen LogP contribution in [0, 0.1) is 5.92 Å². The van der Waals surface area contributed by atoms with Gasteiger partial charge in [0.15, 0.2) is 0 Å². The maximum Gasteiger partial charge on any atom is 0.225 e. The van der Waals surface area contributed by atoms with Crippen LogP contribution in [0.3, 0.4) is 0 Å². The highest BCUT2D eigenvalue weighted by Gasteiger charge is 2.28. The molecule has 1 aliphatic rings. The molecule has 1 amide bonds. The zero-order valence-electron chi connectivity index (χ0n) is 19.3. The summed E-state index contributed by atoms with van der Waals surface area (Å²) in [5, 5.41) is 4.42. The fourth-order valence-corrected chi connectivity index (χ4v) is 4.80. The number of aromatic nitrogens is 3. The Morgan fingerprint density at radius 2 is 1.94 bits per heavy atom. The van der Waals surface area contributed by atoms with Gasteiger partial charge in [0.1, 0.15) is 5.75 Å². The predicted molar refractivity (Wildman–Crippen MR) is 133 cm³/mol. The third-order valence-electron chi connectivity index (χ3n) is 6.62. The van der Waals surface area contributed by atoms with Crippen molar-refractivity contribution in [1.82, 2.24) is 20.3 Å².